The summed E-state index contributed by atoms with van der Waals surface area (Å²) in [6, 6.07) is 0.264. The third-order valence-electron chi connectivity index (χ3n) is 1.67. The Balaban J connectivity index is 2.48. The minimum Gasteiger partial charge on any atom is -0.211 e. The van der Waals surface area contributed by atoms with Crippen LogP contribution in [0.5, 0.6) is 0 Å². The maximum Gasteiger partial charge on any atom is 0.235 e. The number of hydrogen-bond donors (Lipinski definition) is 0. The first-order chi connectivity index (χ1) is 3.67. The van der Waals surface area contributed by atoms with Crippen molar-refractivity contribution >= 4 is 6.08 Å². The van der Waals surface area contributed by atoms with E-state index < -0.39 is 0 Å². The van der Waals surface area contributed by atoms with Crippen LogP contribution in [0, 0.1) is 5.41 Å². The van der Waals surface area contributed by atoms with Crippen LogP contribution in [0.25, 0.3) is 0 Å². The Morgan fingerprint density at radius 3 is 2.38 bits per heavy atom. The van der Waals surface area contributed by atoms with E-state index in [9.17, 15) is 4.79 Å². The standard InChI is InChI=1S/C6H9NO/c1-6(2)3-5(6)7-4-8/h5H,3H2,1-2H3. The van der Waals surface area contributed by atoms with Gasteiger partial charge in [-0.3, -0.25) is 0 Å². The van der Waals surface area contributed by atoms with Crippen molar-refractivity contribution < 1.29 is 4.79 Å². The molecule has 1 aliphatic rings. The molecule has 0 radical (unpaired) electrons. The Labute approximate surface area is 48.6 Å². The Morgan fingerprint density at radius 2 is 2.25 bits per heavy atom. The molecule has 0 spiro atoms. The summed E-state index contributed by atoms with van der Waals surface area (Å²) in [4.78, 5) is 13.2. The van der Waals surface area contributed by atoms with Gasteiger partial charge in [-0.1, -0.05) is 13.8 Å². The molecule has 0 aliphatic heterocycles. The summed E-state index contributed by atoms with van der Waals surface area (Å²) in [5.41, 5.74) is 0.289. The molecule has 0 saturated heterocycles. The van der Waals surface area contributed by atoms with Crippen molar-refractivity contribution in [3.8, 4) is 0 Å². The SMILES string of the molecule is CC1(C)CC1N=C=O. The fourth-order valence-corrected chi connectivity index (χ4v) is 0.723. The molecule has 1 saturated carbocycles. The molecule has 1 aliphatic carbocycles. The minimum absolute atomic E-state index is 0.264. The lowest BCUT2D eigenvalue weighted by Gasteiger charge is -1.91. The lowest BCUT2D eigenvalue weighted by atomic mass is 10.2. The molecule has 0 aromatic carbocycles. The molecule has 2 nitrogen and oxygen atoms in total. The van der Waals surface area contributed by atoms with Gasteiger partial charge < -0.3 is 0 Å². The molecule has 1 atom stereocenters. The van der Waals surface area contributed by atoms with E-state index in [0.717, 1.165) is 6.42 Å². The van der Waals surface area contributed by atoms with Crippen LogP contribution in [0.2, 0.25) is 0 Å². The van der Waals surface area contributed by atoms with Crippen LogP contribution < -0.4 is 0 Å². The Kier molecular flexibility index (Phi) is 0.983. The summed E-state index contributed by atoms with van der Waals surface area (Å²) < 4.78 is 0. The molecule has 1 unspecified atom stereocenters. The summed E-state index contributed by atoms with van der Waals surface area (Å²) in [7, 11) is 0. The zero-order chi connectivity index (χ0) is 6.20. The summed E-state index contributed by atoms with van der Waals surface area (Å²) in [5.74, 6) is 0. The van der Waals surface area contributed by atoms with Crippen molar-refractivity contribution in [2.24, 2.45) is 10.4 Å². The zero-order valence-electron chi connectivity index (χ0n) is 5.14. The highest BCUT2D eigenvalue weighted by molar-refractivity contribution is 5.35. The summed E-state index contributed by atoms with van der Waals surface area (Å²) in [6.07, 6.45) is 2.60. The fourth-order valence-electron chi connectivity index (χ4n) is 0.723. The smallest absolute Gasteiger partial charge is 0.211 e. The summed E-state index contributed by atoms with van der Waals surface area (Å²) in [5, 5.41) is 0. The van der Waals surface area contributed by atoms with Crippen LogP contribution in [0.15, 0.2) is 4.99 Å². The molecule has 1 fully saturated rings. The van der Waals surface area contributed by atoms with Gasteiger partial charge in [0.25, 0.3) is 0 Å². The average molecular weight is 111 g/mol. The van der Waals surface area contributed by atoms with Crippen LogP contribution in [-0.4, -0.2) is 12.1 Å². The first kappa shape index (κ1) is 5.52. The third kappa shape index (κ3) is 0.797. The maximum atomic E-state index is 9.65. The predicted octanol–water partition coefficient (Wildman–Crippen LogP) is 1.12. The van der Waals surface area contributed by atoms with Gasteiger partial charge in [0.2, 0.25) is 6.08 Å². The Bertz CT molecular complexity index is 145. The first-order valence-corrected chi connectivity index (χ1v) is 2.74. The van der Waals surface area contributed by atoms with Gasteiger partial charge >= 0.3 is 0 Å². The number of nitrogens with zero attached hydrogens (tertiary/aromatic N) is 1. The minimum atomic E-state index is 0.264. The lowest BCUT2D eigenvalue weighted by Crippen LogP contribution is -1.89. The first-order valence-electron chi connectivity index (χ1n) is 2.74. The van der Waals surface area contributed by atoms with Gasteiger partial charge in [0, 0.05) is 0 Å². The monoisotopic (exact) mass is 111 g/mol. The second kappa shape index (κ2) is 1.43. The average Bonchev–Trinajstić information content (AvgIpc) is 2.15. The Morgan fingerprint density at radius 1 is 1.75 bits per heavy atom. The van der Waals surface area contributed by atoms with E-state index in [-0.39, 0.29) is 11.5 Å². The van der Waals surface area contributed by atoms with Crippen LogP contribution in [-0.2, 0) is 4.79 Å². The van der Waals surface area contributed by atoms with Crippen LogP contribution in [0.4, 0.5) is 0 Å². The van der Waals surface area contributed by atoms with Crippen molar-refractivity contribution in [2.45, 2.75) is 26.3 Å². The molecule has 0 bridgehead atoms. The summed E-state index contributed by atoms with van der Waals surface area (Å²) in [6.45, 7) is 4.19. The molecule has 0 aromatic heterocycles. The van der Waals surface area contributed by atoms with E-state index in [1.807, 2.05) is 0 Å². The van der Waals surface area contributed by atoms with Crippen molar-refractivity contribution in [3.63, 3.8) is 0 Å². The number of rotatable bonds is 1. The van der Waals surface area contributed by atoms with Crippen molar-refractivity contribution in [1.29, 1.82) is 0 Å². The molecule has 44 valence electrons. The van der Waals surface area contributed by atoms with E-state index in [0.29, 0.717) is 0 Å². The van der Waals surface area contributed by atoms with E-state index in [4.69, 9.17) is 0 Å². The number of isocyanates is 1. The molecular formula is C6H9NO. The van der Waals surface area contributed by atoms with Gasteiger partial charge in [0.1, 0.15) is 0 Å². The number of aliphatic imine (C=N–C) groups is 1. The Hall–Kier alpha value is -0.620. The highest BCUT2D eigenvalue weighted by Gasteiger charge is 2.45. The predicted molar refractivity (Wildman–Crippen MR) is 30.3 cm³/mol. The molecule has 0 aromatic rings. The van der Waals surface area contributed by atoms with Crippen molar-refractivity contribution in [3.05, 3.63) is 0 Å². The van der Waals surface area contributed by atoms with Gasteiger partial charge in [-0.25, -0.2) is 9.79 Å². The van der Waals surface area contributed by atoms with Crippen LogP contribution >= 0.6 is 0 Å². The molecule has 0 heterocycles. The zero-order valence-corrected chi connectivity index (χ0v) is 5.14. The lowest BCUT2D eigenvalue weighted by molar-refractivity contribution is 0.557. The third-order valence-corrected chi connectivity index (χ3v) is 1.67. The largest absolute Gasteiger partial charge is 0.235 e. The second-order valence-electron chi connectivity index (χ2n) is 2.93. The van der Waals surface area contributed by atoms with E-state index >= 15 is 0 Å². The molecular weight excluding hydrogens is 102 g/mol. The van der Waals surface area contributed by atoms with Gasteiger partial charge in [-0.05, 0) is 11.8 Å². The van der Waals surface area contributed by atoms with Gasteiger partial charge in [0.15, 0.2) is 0 Å². The highest BCUT2D eigenvalue weighted by atomic mass is 16.1. The normalized spacial score (nSPS) is 31.0. The van der Waals surface area contributed by atoms with Gasteiger partial charge in [-0.2, -0.15) is 0 Å². The van der Waals surface area contributed by atoms with E-state index in [1.165, 1.54) is 0 Å². The maximum absolute atomic E-state index is 9.65. The molecule has 0 N–H and O–H groups in total. The van der Waals surface area contributed by atoms with E-state index in [1.54, 1.807) is 6.08 Å². The van der Waals surface area contributed by atoms with E-state index in [2.05, 4.69) is 18.8 Å². The number of hydrogen-bond acceptors (Lipinski definition) is 2. The molecule has 0 amide bonds. The molecule has 1 rings (SSSR count). The van der Waals surface area contributed by atoms with Gasteiger partial charge in [0.05, 0.1) is 6.04 Å². The van der Waals surface area contributed by atoms with Crippen molar-refractivity contribution in [1.82, 2.24) is 0 Å². The van der Waals surface area contributed by atoms with Gasteiger partial charge in [-0.15, -0.1) is 0 Å². The van der Waals surface area contributed by atoms with Crippen molar-refractivity contribution in [2.75, 3.05) is 0 Å². The quantitative estimate of drug-likeness (QED) is 0.368. The highest BCUT2D eigenvalue weighted by Crippen LogP contribution is 2.46. The topological polar surface area (TPSA) is 29.4 Å². The molecule has 2 heteroatoms. The fraction of sp³-hybridized carbons (Fsp3) is 0.833. The molecule has 8 heavy (non-hydrogen) atoms. The van der Waals surface area contributed by atoms with Crippen LogP contribution in [0.1, 0.15) is 20.3 Å². The number of carbonyl (C=O) groups excluding carboxylic acids is 1. The second-order valence-corrected chi connectivity index (χ2v) is 2.93. The summed E-state index contributed by atoms with van der Waals surface area (Å²) >= 11 is 0. The van der Waals surface area contributed by atoms with Crippen LogP contribution in [0.3, 0.4) is 0 Å².